The van der Waals surface area contributed by atoms with E-state index in [-0.39, 0.29) is 28.8 Å². The van der Waals surface area contributed by atoms with Gasteiger partial charge in [0.25, 0.3) is 0 Å². The van der Waals surface area contributed by atoms with Crippen molar-refractivity contribution in [3.63, 3.8) is 0 Å². The molecule has 1 aromatic carbocycles. The van der Waals surface area contributed by atoms with E-state index in [1.807, 2.05) is 0 Å². The number of nitrogens with one attached hydrogen (secondary N) is 1. The second-order valence-electron chi connectivity index (χ2n) is 5.38. The van der Waals surface area contributed by atoms with Gasteiger partial charge in [-0.2, -0.15) is 13.2 Å². The lowest BCUT2D eigenvalue weighted by Crippen LogP contribution is -2.38. The molecule has 0 spiro atoms. The highest BCUT2D eigenvalue weighted by Crippen LogP contribution is 2.36. The van der Waals surface area contributed by atoms with Crippen LogP contribution in [0.2, 0.25) is 0 Å². The number of alkyl halides is 3. The van der Waals surface area contributed by atoms with Gasteiger partial charge in [0.15, 0.2) is 0 Å². The Morgan fingerprint density at radius 1 is 1.10 bits per heavy atom. The van der Waals surface area contributed by atoms with Gasteiger partial charge >= 0.3 is 5.51 Å². The molecule has 2 atom stereocenters. The predicted molar refractivity (Wildman–Crippen MR) is 78.1 cm³/mol. The average molecular weight is 319 g/mol. The van der Waals surface area contributed by atoms with E-state index in [2.05, 4.69) is 5.32 Å². The maximum Gasteiger partial charge on any atom is 0.446 e. The van der Waals surface area contributed by atoms with Crippen LogP contribution in [-0.2, 0) is 6.54 Å². The van der Waals surface area contributed by atoms with E-state index < -0.39 is 5.51 Å². The highest BCUT2D eigenvalue weighted by atomic mass is 32.2. The Morgan fingerprint density at radius 2 is 1.76 bits per heavy atom. The van der Waals surface area contributed by atoms with Crippen molar-refractivity contribution in [3.05, 3.63) is 29.8 Å². The van der Waals surface area contributed by atoms with E-state index in [1.54, 1.807) is 12.1 Å². The molecular weight excluding hydrogens is 299 g/mol. The van der Waals surface area contributed by atoms with E-state index in [4.69, 9.17) is 0 Å². The molecule has 2 nitrogen and oxygen atoms in total. The molecule has 1 aliphatic carbocycles. The summed E-state index contributed by atoms with van der Waals surface area (Å²) in [5.74, 6) is 0. The minimum Gasteiger partial charge on any atom is -0.392 e. The fraction of sp³-hybridized carbons (Fsp3) is 0.600. The van der Waals surface area contributed by atoms with Crippen LogP contribution in [0.5, 0.6) is 0 Å². The maximum absolute atomic E-state index is 12.2. The van der Waals surface area contributed by atoms with Gasteiger partial charge in [0, 0.05) is 17.5 Å². The normalized spacial score (nSPS) is 23.8. The van der Waals surface area contributed by atoms with Gasteiger partial charge in [-0.25, -0.2) is 0 Å². The summed E-state index contributed by atoms with van der Waals surface area (Å²) in [7, 11) is 0. The molecule has 0 aromatic heterocycles. The van der Waals surface area contributed by atoms with Gasteiger partial charge in [0.1, 0.15) is 0 Å². The van der Waals surface area contributed by atoms with Crippen LogP contribution in [0.1, 0.15) is 37.7 Å². The summed E-state index contributed by atoms with van der Waals surface area (Å²) < 4.78 is 36.7. The third-order valence-electron chi connectivity index (χ3n) is 3.70. The summed E-state index contributed by atoms with van der Waals surface area (Å²) in [6, 6.07) is 6.45. The topological polar surface area (TPSA) is 32.3 Å². The lowest BCUT2D eigenvalue weighted by atomic mass is 10.1. The molecule has 0 amide bonds. The summed E-state index contributed by atoms with van der Waals surface area (Å²) in [5.41, 5.74) is -3.32. The van der Waals surface area contributed by atoms with Crippen LogP contribution in [-0.4, -0.2) is 22.8 Å². The molecule has 118 valence electrons. The molecule has 2 rings (SSSR count). The van der Waals surface area contributed by atoms with Crippen LogP contribution in [0, 0.1) is 0 Å². The molecule has 0 saturated heterocycles. The number of aliphatic hydroxyl groups excluding tert-OH is 1. The number of halogens is 3. The first-order valence-corrected chi connectivity index (χ1v) is 8.02. The molecule has 2 unspecified atom stereocenters. The van der Waals surface area contributed by atoms with Crippen molar-refractivity contribution in [1.82, 2.24) is 5.32 Å². The highest BCUT2D eigenvalue weighted by molar-refractivity contribution is 8.00. The summed E-state index contributed by atoms with van der Waals surface area (Å²) in [4.78, 5) is 0.195. The second kappa shape index (κ2) is 7.51. The van der Waals surface area contributed by atoms with Crippen LogP contribution in [0.25, 0.3) is 0 Å². The van der Waals surface area contributed by atoms with E-state index in [1.165, 1.54) is 12.1 Å². The molecule has 2 N–H and O–H groups in total. The number of benzene rings is 1. The van der Waals surface area contributed by atoms with Gasteiger partial charge in [-0.05, 0) is 42.3 Å². The second-order valence-corrected chi connectivity index (χ2v) is 6.52. The Labute approximate surface area is 127 Å². The number of hydrogen-bond acceptors (Lipinski definition) is 3. The van der Waals surface area contributed by atoms with Gasteiger partial charge in [0.05, 0.1) is 6.10 Å². The summed E-state index contributed by atoms with van der Waals surface area (Å²) in [6.45, 7) is 0.568. The fourth-order valence-electron chi connectivity index (χ4n) is 2.58. The van der Waals surface area contributed by atoms with E-state index in [0.29, 0.717) is 6.54 Å². The number of thioether (sulfide) groups is 1. The van der Waals surface area contributed by atoms with Crippen molar-refractivity contribution in [2.24, 2.45) is 0 Å². The quantitative estimate of drug-likeness (QED) is 0.648. The van der Waals surface area contributed by atoms with Crippen LogP contribution < -0.4 is 5.32 Å². The molecule has 0 aliphatic heterocycles. The third-order valence-corrected chi connectivity index (χ3v) is 4.44. The number of aliphatic hydroxyl groups is 1. The maximum atomic E-state index is 12.2. The first-order valence-electron chi connectivity index (χ1n) is 7.20. The van der Waals surface area contributed by atoms with Crippen LogP contribution in [0.3, 0.4) is 0 Å². The zero-order valence-electron chi connectivity index (χ0n) is 11.7. The summed E-state index contributed by atoms with van der Waals surface area (Å²) in [6.07, 6.45) is 4.76. The monoisotopic (exact) mass is 319 g/mol. The van der Waals surface area contributed by atoms with Crippen molar-refractivity contribution >= 4 is 11.8 Å². The predicted octanol–water partition coefficient (Wildman–Crippen LogP) is 4.08. The molecule has 1 aliphatic rings. The minimum atomic E-state index is -4.25. The molecule has 1 fully saturated rings. The zero-order chi connectivity index (χ0) is 15.3. The molecular formula is C15H20F3NOS. The SMILES string of the molecule is OC1CCCCCC1NCc1ccc(SC(F)(F)F)cc1. The zero-order valence-corrected chi connectivity index (χ0v) is 12.5. The summed E-state index contributed by atoms with van der Waals surface area (Å²) >= 11 is -0.102. The van der Waals surface area contributed by atoms with Crippen molar-refractivity contribution in [1.29, 1.82) is 0 Å². The van der Waals surface area contributed by atoms with Crippen molar-refractivity contribution < 1.29 is 18.3 Å². The first-order chi connectivity index (χ1) is 9.94. The molecule has 21 heavy (non-hydrogen) atoms. The lowest BCUT2D eigenvalue weighted by molar-refractivity contribution is -0.0328. The Bertz CT molecular complexity index is 436. The van der Waals surface area contributed by atoms with E-state index in [9.17, 15) is 18.3 Å². The van der Waals surface area contributed by atoms with Crippen molar-refractivity contribution in [3.8, 4) is 0 Å². The van der Waals surface area contributed by atoms with Crippen LogP contribution >= 0.6 is 11.8 Å². The standard InChI is InChI=1S/C15H20F3NOS/c16-15(17,18)21-12-8-6-11(7-9-12)10-19-13-4-2-1-3-5-14(13)20/h6-9,13-14,19-20H,1-5,10H2. The average Bonchev–Trinajstić information content (AvgIpc) is 2.61. The minimum absolute atomic E-state index is 0.0803. The molecule has 0 radical (unpaired) electrons. The number of rotatable bonds is 4. The van der Waals surface area contributed by atoms with Gasteiger partial charge in [-0.15, -0.1) is 0 Å². The van der Waals surface area contributed by atoms with Gasteiger partial charge in [-0.3, -0.25) is 0 Å². The van der Waals surface area contributed by atoms with Gasteiger partial charge < -0.3 is 10.4 Å². The van der Waals surface area contributed by atoms with Gasteiger partial charge in [-0.1, -0.05) is 31.4 Å². The molecule has 6 heteroatoms. The largest absolute Gasteiger partial charge is 0.446 e. The summed E-state index contributed by atoms with van der Waals surface area (Å²) in [5, 5.41) is 13.3. The Hall–Kier alpha value is -0.720. The van der Waals surface area contributed by atoms with Crippen molar-refractivity contribution in [2.75, 3.05) is 0 Å². The fourth-order valence-corrected chi connectivity index (χ4v) is 3.12. The Kier molecular flexibility index (Phi) is 5.96. The third kappa shape index (κ3) is 5.88. The Balaban J connectivity index is 1.85. The van der Waals surface area contributed by atoms with Crippen molar-refractivity contribution in [2.45, 2.75) is 61.2 Å². The van der Waals surface area contributed by atoms with E-state index in [0.717, 1.165) is 37.7 Å². The molecule has 1 saturated carbocycles. The molecule has 0 heterocycles. The molecule has 1 aromatic rings. The Morgan fingerprint density at radius 3 is 2.43 bits per heavy atom. The lowest BCUT2D eigenvalue weighted by Gasteiger charge is -2.22. The van der Waals surface area contributed by atoms with Gasteiger partial charge in [0.2, 0.25) is 0 Å². The van der Waals surface area contributed by atoms with Crippen LogP contribution in [0.15, 0.2) is 29.2 Å². The molecule has 0 bridgehead atoms. The smallest absolute Gasteiger partial charge is 0.392 e. The van der Waals surface area contributed by atoms with E-state index >= 15 is 0 Å². The number of hydrogen-bond donors (Lipinski definition) is 2. The first kappa shape index (κ1) is 16.6. The van der Waals surface area contributed by atoms with Crippen LogP contribution in [0.4, 0.5) is 13.2 Å². The highest BCUT2D eigenvalue weighted by Gasteiger charge is 2.29.